The van der Waals surface area contributed by atoms with Gasteiger partial charge >= 0.3 is 6.09 Å². The SMILES string of the molecule is CCN(Cc1nn(C)cc1Br)C(=O)OC(C)(C)C. The Morgan fingerprint density at radius 1 is 1.56 bits per heavy atom. The third kappa shape index (κ3) is 4.33. The van der Waals surface area contributed by atoms with Crippen LogP contribution in [0.15, 0.2) is 10.7 Å². The van der Waals surface area contributed by atoms with E-state index in [4.69, 9.17) is 4.74 Å². The molecule has 1 aromatic rings. The topological polar surface area (TPSA) is 47.4 Å². The van der Waals surface area contributed by atoms with E-state index in [1.807, 2.05) is 40.9 Å². The average Bonchev–Trinajstić information content (AvgIpc) is 2.50. The molecule has 1 rings (SSSR count). The summed E-state index contributed by atoms with van der Waals surface area (Å²) in [5, 5.41) is 4.30. The van der Waals surface area contributed by atoms with Crippen LogP contribution in [0.3, 0.4) is 0 Å². The predicted molar refractivity (Wildman–Crippen MR) is 73.2 cm³/mol. The molecule has 5 nitrogen and oxygen atoms in total. The lowest BCUT2D eigenvalue weighted by molar-refractivity contribution is 0.0241. The number of aromatic nitrogens is 2. The van der Waals surface area contributed by atoms with Crippen molar-refractivity contribution in [3.05, 3.63) is 16.4 Å². The lowest BCUT2D eigenvalue weighted by atomic mass is 10.2. The molecule has 0 saturated heterocycles. The van der Waals surface area contributed by atoms with Crippen LogP contribution in [0.2, 0.25) is 0 Å². The molecule has 0 N–H and O–H groups in total. The summed E-state index contributed by atoms with van der Waals surface area (Å²) in [6.07, 6.45) is 1.54. The molecule has 0 aliphatic rings. The highest BCUT2D eigenvalue weighted by Gasteiger charge is 2.22. The highest BCUT2D eigenvalue weighted by atomic mass is 79.9. The van der Waals surface area contributed by atoms with E-state index in [0.29, 0.717) is 13.1 Å². The number of rotatable bonds is 3. The van der Waals surface area contributed by atoms with Crippen LogP contribution in [0.1, 0.15) is 33.4 Å². The molecule has 0 aromatic carbocycles. The monoisotopic (exact) mass is 317 g/mol. The van der Waals surface area contributed by atoms with E-state index in [9.17, 15) is 4.79 Å². The van der Waals surface area contributed by atoms with Crippen molar-refractivity contribution >= 4 is 22.0 Å². The van der Waals surface area contributed by atoms with Crippen molar-refractivity contribution in [2.75, 3.05) is 6.54 Å². The summed E-state index contributed by atoms with van der Waals surface area (Å²) in [4.78, 5) is 13.6. The normalized spacial score (nSPS) is 11.4. The van der Waals surface area contributed by atoms with Crippen LogP contribution in [0.25, 0.3) is 0 Å². The summed E-state index contributed by atoms with van der Waals surface area (Å²) in [6, 6.07) is 0. The van der Waals surface area contributed by atoms with Crippen molar-refractivity contribution < 1.29 is 9.53 Å². The van der Waals surface area contributed by atoms with E-state index in [-0.39, 0.29) is 6.09 Å². The predicted octanol–water partition coefficient (Wildman–Crippen LogP) is 2.94. The number of amides is 1. The van der Waals surface area contributed by atoms with E-state index >= 15 is 0 Å². The number of aryl methyl sites for hydroxylation is 1. The Kier molecular flexibility index (Phi) is 4.78. The summed E-state index contributed by atoms with van der Waals surface area (Å²) >= 11 is 3.42. The van der Waals surface area contributed by atoms with E-state index in [2.05, 4.69) is 21.0 Å². The zero-order chi connectivity index (χ0) is 13.9. The molecule has 1 aromatic heterocycles. The van der Waals surface area contributed by atoms with Crippen molar-refractivity contribution in [1.29, 1.82) is 0 Å². The number of hydrogen-bond acceptors (Lipinski definition) is 3. The first-order valence-corrected chi connectivity index (χ1v) is 6.68. The molecule has 102 valence electrons. The third-order valence-corrected chi connectivity index (χ3v) is 2.89. The van der Waals surface area contributed by atoms with Crippen LogP contribution in [-0.4, -0.2) is 32.9 Å². The fourth-order valence-corrected chi connectivity index (χ4v) is 1.93. The van der Waals surface area contributed by atoms with E-state index in [0.717, 1.165) is 10.2 Å². The number of carbonyl (C=O) groups excluding carboxylic acids is 1. The Morgan fingerprint density at radius 2 is 2.17 bits per heavy atom. The fourth-order valence-electron chi connectivity index (χ4n) is 1.43. The van der Waals surface area contributed by atoms with Gasteiger partial charge in [0.25, 0.3) is 0 Å². The molecule has 0 atom stereocenters. The number of hydrogen-bond donors (Lipinski definition) is 0. The third-order valence-electron chi connectivity index (χ3n) is 2.23. The van der Waals surface area contributed by atoms with Gasteiger partial charge in [0, 0.05) is 19.8 Å². The zero-order valence-electron chi connectivity index (χ0n) is 11.5. The van der Waals surface area contributed by atoms with Crippen LogP contribution in [0, 0.1) is 0 Å². The lowest BCUT2D eigenvalue weighted by Gasteiger charge is -2.26. The van der Waals surface area contributed by atoms with Crippen molar-refractivity contribution in [2.45, 2.75) is 39.8 Å². The maximum absolute atomic E-state index is 12.0. The second-order valence-electron chi connectivity index (χ2n) is 5.09. The minimum Gasteiger partial charge on any atom is -0.444 e. The van der Waals surface area contributed by atoms with Crippen LogP contribution in [0.5, 0.6) is 0 Å². The van der Waals surface area contributed by atoms with Crippen LogP contribution >= 0.6 is 15.9 Å². The van der Waals surface area contributed by atoms with Crippen molar-refractivity contribution in [3.8, 4) is 0 Å². The maximum Gasteiger partial charge on any atom is 0.410 e. The molecule has 0 unspecified atom stereocenters. The van der Waals surface area contributed by atoms with Gasteiger partial charge in [0.05, 0.1) is 16.7 Å². The lowest BCUT2D eigenvalue weighted by Crippen LogP contribution is -2.36. The summed E-state index contributed by atoms with van der Waals surface area (Å²) in [5.41, 5.74) is 0.344. The van der Waals surface area contributed by atoms with Gasteiger partial charge < -0.3 is 9.64 Å². The van der Waals surface area contributed by atoms with Crippen LogP contribution in [-0.2, 0) is 18.3 Å². The Hall–Kier alpha value is -1.04. The van der Waals surface area contributed by atoms with Crippen molar-refractivity contribution in [2.24, 2.45) is 7.05 Å². The quantitative estimate of drug-likeness (QED) is 0.861. The minimum absolute atomic E-state index is 0.317. The summed E-state index contributed by atoms with van der Waals surface area (Å²) in [7, 11) is 1.85. The van der Waals surface area contributed by atoms with E-state index < -0.39 is 5.60 Å². The largest absolute Gasteiger partial charge is 0.444 e. The minimum atomic E-state index is -0.480. The number of carbonyl (C=O) groups is 1. The smallest absolute Gasteiger partial charge is 0.410 e. The fraction of sp³-hybridized carbons (Fsp3) is 0.667. The molecular formula is C12H20BrN3O2. The van der Waals surface area contributed by atoms with Gasteiger partial charge in [0.2, 0.25) is 0 Å². The van der Waals surface area contributed by atoms with Crippen molar-refractivity contribution in [1.82, 2.24) is 14.7 Å². The summed E-state index contributed by atoms with van der Waals surface area (Å²) in [6.45, 7) is 8.51. The molecule has 0 radical (unpaired) electrons. The number of nitrogens with zero attached hydrogens (tertiary/aromatic N) is 3. The molecule has 0 saturated carbocycles. The van der Waals surface area contributed by atoms with Crippen molar-refractivity contribution in [3.63, 3.8) is 0 Å². The maximum atomic E-state index is 12.0. The molecule has 1 amide bonds. The first kappa shape index (κ1) is 15.0. The highest BCUT2D eigenvalue weighted by molar-refractivity contribution is 9.10. The van der Waals surface area contributed by atoms with Gasteiger partial charge in [-0.2, -0.15) is 5.10 Å². The van der Waals surface area contributed by atoms with Crippen LogP contribution < -0.4 is 0 Å². The molecule has 0 bridgehead atoms. The molecule has 6 heteroatoms. The molecule has 1 heterocycles. The van der Waals surface area contributed by atoms with E-state index in [1.54, 1.807) is 9.58 Å². The Balaban J connectivity index is 2.73. The van der Waals surface area contributed by atoms with Gasteiger partial charge in [-0.1, -0.05) is 0 Å². The van der Waals surface area contributed by atoms with Gasteiger partial charge in [-0.25, -0.2) is 4.79 Å². The van der Waals surface area contributed by atoms with E-state index in [1.165, 1.54) is 0 Å². The second-order valence-corrected chi connectivity index (χ2v) is 5.95. The molecule has 18 heavy (non-hydrogen) atoms. The summed E-state index contributed by atoms with van der Waals surface area (Å²) in [5.74, 6) is 0. The van der Waals surface area contributed by atoms with Gasteiger partial charge in [0.15, 0.2) is 0 Å². The molecule has 0 fully saturated rings. The van der Waals surface area contributed by atoms with Gasteiger partial charge in [-0.15, -0.1) is 0 Å². The molecule has 0 aliphatic heterocycles. The van der Waals surface area contributed by atoms with Gasteiger partial charge in [-0.05, 0) is 43.6 Å². The molecular weight excluding hydrogens is 298 g/mol. The first-order chi connectivity index (χ1) is 8.23. The van der Waals surface area contributed by atoms with Gasteiger partial charge in [-0.3, -0.25) is 4.68 Å². The average molecular weight is 318 g/mol. The molecule has 0 aliphatic carbocycles. The van der Waals surface area contributed by atoms with Crippen LogP contribution in [0.4, 0.5) is 4.79 Å². The summed E-state index contributed by atoms with van der Waals surface area (Å²) < 4.78 is 7.95. The number of ether oxygens (including phenoxy) is 1. The highest BCUT2D eigenvalue weighted by Crippen LogP contribution is 2.18. The molecule has 0 spiro atoms. The van der Waals surface area contributed by atoms with Gasteiger partial charge in [0.1, 0.15) is 5.60 Å². The Morgan fingerprint density at radius 3 is 2.56 bits per heavy atom. The Labute approximate surface area is 116 Å². The standard InChI is InChI=1S/C12H20BrN3O2/c1-6-16(11(17)18-12(2,3)4)8-10-9(13)7-15(5)14-10/h7H,6,8H2,1-5H3. The second kappa shape index (κ2) is 5.73. The Bertz CT molecular complexity index is 423. The first-order valence-electron chi connectivity index (χ1n) is 5.89. The number of halogens is 1. The zero-order valence-corrected chi connectivity index (χ0v) is 13.1.